The molecular weight excluding hydrogens is 719 g/mol. The Morgan fingerprint density at radius 1 is 0.882 bits per heavy atom. The highest BCUT2D eigenvalue weighted by Gasteiger charge is 2.73. The van der Waals surface area contributed by atoms with Gasteiger partial charge in [-0.2, -0.15) is 26.3 Å². The van der Waals surface area contributed by atoms with Crippen LogP contribution in [-0.2, 0) is 41.1 Å². The normalized spacial score (nSPS) is 21.9. The molecule has 0 radical (unpaired) electrons. The number of benzene rings is 3. The van der Waals surface area contributed by atoms with Gasteiger partial charge in [0.2, 0.25) is 11.8 Å². The van der Waals surface area contributed by atoms with Crippen molar-refractivity contribution in [1.82, 2.24) is 10.2 Å². The number of amides is 2. The van der Waals surface area contributed by atoms with E-state index in [4.69, 9.17) is 0 Å². The summed E-state index contributed by atoms with van der Waals surface area (Å²) in [4.78, 5) is 25.8. The minimum absolute atomic E-state index is 0.0107. The summed E-state index contributed by atoms with van der Waals surface area (Å²) in [7, 11) is -2.99. The number of rotatable bonds is 9. The van der Waals surface area contributed by atoms with E-state index in [1.807, 2.05) is 0 Å². The second-order valence-corrected chi connectivity index (χ2v) is 14.9. The summed E-state index contributed by atoms with van der Waals surface area (Å²) in [5.41, 5.74) is -7.99. The molecule has 0 bridgehead atoms. The first kappa shape index (κ1) is 38.1. The Balaban J connectivity index is 1.52. The van der Waals surface area contributed by atoms with Crippen LogP contribution in [0.5, 0.6) is 0 Å². The number of hydrogen-bond acceptors (Lipinski definition) is 5. The molecule has 1 heterocycles. The zero-order chi connectivity index (χ0) is 37.6. The summed E-state index contributed by atoms with van der Waals surface area (Å²) in [6.07, 6.45) is -12.9. The Morgan fingerprint density at radius 3 is 1.92 bits per heavy atom. The van der Waals surface area contributed by atoms with Gasteiger partial charge in [0.25, 0.3) is 5.60 Å². The number of nitrogens with zero attached hydrogens (tertiary/aromatic N) is 1. The molecule has 0 spiro atoms. The van der Waals surface area contributed by atoms with Crippen LogP contribution in [0.2, 0.25) is 0 Å². The molecule has 1 unspecified atom stereocenters. The van der Waals surface area contributed by atoms with Crippen molar-refractivity contribution in [2.24, 2.45) is 5.92 Å². The van der Waals surface area contributed by atoms with Crippen LogP contribution in [0.1, 0.15) is 48.8 Å². The Hall–Kier alpha value is -4.12. The summed E-state index contributed by atoms with van der Waals surface area (Å²) in [5, 5.41) is 2.81. The molecule has 51 heavy (non-hydrogen) atoms. The summed E-state index contributed by atoms with van der Waals surface area (Å²) in [6.45, 7) is -1.58. The molecule has 276 valence electrons. The molecule has 7 nitrogen and oxygen atoms in total. The number of nitrogens with one attached hydrogen (secondary N) is 1. The van der Waals surface area contributed by atoms with Crippen molar-refractivity contribution in [2.75, 3.05) is 13.6 Å². The lowest BCUT2D eigenvalue weighted by atomic mass is 9.79. The average Bonchev–Trinajstić information content (AvgIpc) is 3.39. The van der Waals surface area contributed by atoms with Crippen molar-refractivity contribution in [2.45, 2.75) is 72.3 Å². The summed E-state index contributed by atoms with van der Waals surface area (Å²) in [5.74, 6) is -4.93. The summed E-state index contributed by atoms with van der Waals surface area (Å²) in [6, 6.07) is 7.65. The molecule has 2 fully saturated rings. The number of likely N-dealkylation sites (tertiary alicyclic amines) is 1. The van der Waals surface area contributed by atoms with Crippen LogP contribution in [-0.4, -0.2) is 57.1 Å². The lowest BCUT2D eigenvalue weighted by Gasteiger charge is -2.41. The van der Waals surface area contributed by atoms with Crippen LogP contribution >= 0.6 is 0 Å². The molecule has 2 aliphatic rings. The van der Waals surface area contributed by atoms with E-state index in [2.05, 4.69) is 10.1 Å². The second kappa shape index (κ2) is 13.8. The molecule has 3 aromatic rings. The highest BCUT2D eigenvalue weighted by molar-refractivity contribution is 7.92. The van der Waals surface area contributed by atoms with E-state index in [-0.39, 0.29) is 55.0 Å². The lowest BCUT2D eigenvalue weighted by molar-refractivity contribution is -0.392. The number of alkyl halides is 6. The Labute approximate surface area is 286 Å². The van der Waals surface area contributed by atoms with Crippen LogP contribution in [0.4, 0.5) is 39.5 Å². The minimum Gasteiger partial charge on any atom is -0.353 e. The van der Waals surface area contributed by atoms with Crippen molar-refractivity contribution >= 4 is 21.7 Å². The fourth-order valence-electron chi connectivity index (χ4n) is 6.73. The third-order valence-electron chi connectivity index (χ3n) is 9.60. The van der Waals surface area contributed by atoms with Gasteiger partial charge in [-0.1, -0.05) is 30.3 Å². The van der Waals surface area contributed by atoms with E-state index in [1.165, 1.54) is 4.90 Å². The standard InChI is InChI=1S/C34H31F9N2O5S/c1-45-18-20(17-29(45)46)30(47)44-24-13-15-31(16-14-24,51(48,49)25-11-9-23(35)10-12-25)21-5-7-22(8-6-21)32(33(38,39)40,34(41,42)43)50-19-26-27(36)3-2-4-28(26)37/h2-12,20,24H,13-19H2,1H3,(H,44,47). The van der Waals surface area contributed by atoms with Crippen LogP contribution < -0.4 is 5.32 Å². The van der Waals surface area contributed by atoms with Crippen LogP contribution in [0.25, 0.3) is 0 Å². The van der Waals surface area contributed by atoms with Crippen molar-refractivity contribution in [3.8, 4) is 0 Å². The van der Waals surface area contributed by atoms with Gasteiger partial charge in [0.1, 0.15) is 22.2 Å². The van der Waals surface area contributed by atoms with Crippen LogP contribution in [0, 0.1) is 23.4 Å². The van der Waals surface area contributed by atoms with Gasteiger partial charge in [0, 0.05) is 37.2 Å². The number of carbonyl (C=O) groups excluding carboxylic acids is 2. The van der Waals surface area contributed by atoms with Gasteiger partial charge in [-0.15, -0.1) is 0 Å². The quantitative estimate of drug-likeness (QED) is 0.191. The maximum atomic E-state index is 14.5. The second-order valence-electron chi connectivity index (χ2n) is 12.7. The molecule has 1 aliphatic heterocycles. The number of halogens is 9. The smallest absolute Gasteiger partial charge is 0.353 e. The zero-order valence-corrected chi connectivity index (χ0v) is 27.6. The SMILES string of the molecule is CN1CC(C(=O)NC2CCC(c3ccc(C(OCc4c(F)cccc4F)(C(F)(F)F)C(F)(F)F)cc3)(S(=O)(=O)c3ccc(F)cc3)CC2)CC1=O. The van der Waals surface area contributed by atoms with Gasteiger partial charge in [0.05, 0.1) is 17.4 Å². The predicted octanol–water partition coefficient (Wildman–Crippen LogP) is 6.85. The molecule has 1 atom stereocenters. The number of ether oxygens (including phenoxy) is 1. The van der Waals surface area contributed by atoms with Gasteiger partial charge in [-0.3, -0.25) is 9.59 Å². The van der Waals surface area contributed by atoms with E-state index in [0.29, 0.717) is 24.3 Å². The third kappa shape index (κ3) is 6.93. The average molecular weight is 751 g/mol. The third-order valence-corrected chi connectivity index (χ3v) is 12.2. The molecule has 5 rings (SSSR count). The Kier molecular flexibility index (Phi) is 10.3. The molecule has 2 amide bonds. The molecule has 3 aromatic carbocycles. The van der Waals surface area contributed by atoms with Gasteiger partial charge < -0.3 is 15.0 Å². The van der Waals surface area contributed by atoms with E-state index >= 15 is 0 Å². The molecule has 17 heteroatoms. The first-order valence-electron chi connectivity index (χ1n) is 15.6. The highest BCUT2D eigenvalue weighted by atomic mass is 32.2. The zero-order valence-electron chi connectivity index (χ0n) is 26.8. The Morgan fingerprint density at radius 2 is 1.43 bits per heavy atom. The van der Waals surface area contributed by atoms with Crippen molar-refractivity contribution in [3.05, 3.63) is 101 Å². The summed E-state index contributed by atoms with van der Waals surface area (Å²) >= 11 is 0. The Bertz CT molecular complexity index is 1840. The van der Waals surface area contributed by atoms with Crippen molar-refractivity contribution in [1.29, 1.82) is 0 Å². The molecule has 0 aromatic heterocycles. The van der Waals surface area contributed by atoms with E-state index in [1.54, 1.807) is 7.05 Å². The number of sulfone groups is 1. The molecule has 1 saturated carbocycles. The number of hydrogen-bond donors (Lipinski definition) is 1. The fourth-order valence-corrected chi connectivity index (χ4v) is 8.90. The topological polar surface area (TPSA) is 92.8 Å². The molecule has 1 saturated heterocycles. The van der Waals surface area contributed by atoms with E-state index in [9.17, 15) is 57.5 Å². The number of carbonyl (C=O) groups is 2. The largest absolute Gasteiger partial charge is 0.430 e. The first-order chi connectivity index (χ1) is 23.7. The van der Waals surface area contributed by atoms with E-state index in [0.717, 1.165) is 42.5 Å². The van der Waals surface area contributed by atoms with Crippen molar-refractivity contribution < 1.29 is 62.3 Å². The maximum absolute atomic E-state index is 14.5. The highest BCUT2D eigenvalue weighted by Crippen LogP contribution is 2.54. The monoisotopic (exact) mass is 750 g/mol. The van der Waals surface area contributed by atoms with Gasteiger partial charge in [-0.25, -0.2) is 21.6 Å². The first-order valence-corrected chi connectivity index (χ1v) is 17.1. The van der Waals surface area contributed by atoms with Crippen LogP contribution in [0.15, 0.2) is 71.6 Å². The summed E-state index contributed by atoms with van der Waals surface area (Å²) < 4.78 is 160. The fraction of sp³-hybridized carbons (Fsp3) is 0.412. The van der Waals surface area contributed by atoms with Crippen LogP contribution in [0.3, 0.4) is 0 Å². The van der Waals surface area contributed by atoms with Crippen molar-refractivity contribution in [3.63, 3.8) is 0 Å². The predicted molar refractivity (Wildman–Crippen MR) is 163 cm³/mol. The lowest BCUT2D eigenvalue weighted by Crippen LogP contribution is -2.56. The van der Waals surface area contributed by atoms with Gasteiger partial charge >= 0.3 is 12.4 Å². The van der Waals surface area contributed by atoms with Gasteiger partial charge in [0.15, 0.2) is 9.84 Å². The maximum Gasteiger partial charge on any atom is 0.430 e. The van der Waals surface area contributed by atoms with Gasteiger partial charge in [-0.05, 0) is 67.6 Å². The molecular formula is C34H31F9N2O5S. The molecule has 1 aliphatic carbocycles. The van der Waals surface area contributed by atoms with E-state index < -0.39 is 85.6 Å². The minimum atomic E-state index is -6.22. The molecule has 1 N–H and O–H groups in total.